The Labute approximate surface area is 151 Å². The zero-order chi connectivity index (χ0) is 17.4. The van der Waals surface area contributed by atoms with Gasteiger partial charge in [-0.15, -0.1) is 0 Å². The minimum atomic E-state index is -0.0777. The molecule has 25 heavy (non-hydrogen) atoms. The van der Waals surface area contributed by atoms with E-state index < -0.39 is 0 Å². The van der Waals surface area contributed by atoms with Crippen molar-refractivity contribution in [2.24, 2.45) is 5.92 Å². The normalized spacial score (nSPS) is 25.3. The topological polar surface area (TPSA) is 32.8 Å². The number of likely N-dealkylation sites (tertiary alicyclic amines) is 1. The lowest BCUT2D eigenvalue weighted by atomic mass is 9.76. The predicted octanol–water partition coefficient (Wildman–Crippen LogP) is 3.28. The summed E-state index contributed by atoms with van der Waals surface area (Å²) < 4.78 is 6.55. The van der Waals surface area contributed by atoms with Gasteiger partial charge in [-0.3, -0.25) is 4.79 Å². The van der Waals surface area contributed by atoms with Crippen LogP contribution >= 0.6 is 0 Å². The Morgan fingerprint density at radius 1 is 1.24 bits per heavy atom. The molecule has 4 nitrogen and oxygen atoms in total. The second-order valence-electron chi connectivity index (χ2n) is 8.46. The van der Waals surface area contributed by atoms with E-state index in [1.807, 2.05) is 20.2 Å². The van der Waals surface area contributed by atoms with E-state index in [0.29, 0.717) is 6.42 Å². The summed E-state index contributed by atoms with van der Waals surface area (Å²) in [6.07, 6.45) is 6.56. The number of ether oxygens (including phenoxy) is 1. The Balaban J connectivity index is 1.50. The van der Waals surface area contributed by atoms with Crippen molar-refractivity contribution in [3.63, 3.8) is 0 Å². The van der Waals surface area contributed by atoms with Gasteiger partial charge in [0.2, 0.25) is 5.91 Å². The number of hydrogen-bond donors (Lipinski definition) is 0. The molecule has 1 atom stereocenters. The van der Waals surface area contributed by atoms with Crippen LogP contribution in [0.15, 0.2) is 24.3 Å². The van der Waals surface area contributed by atoms with Crippen molar-refractivity contribution >= 4 is 5.91 Å². The highest BCUT2D eigenvalue weighted by molar-refractivity contribution is 5.76. The minimum Gasteiger partial charge on any atom is -0.487 e. The van der Waals surface area contributed by atoms with Gasteiger partial charge in [0.15, 0.2) is 0 Å². The lowest BCUT2D eigenvalue weighted by Gasteiger charge is -2.47. The van der Waals surface area contributed by atoms with Crippen LogP contribution in [-0.2, 0) is 4.79 Å². The monoisotopic (exact) mass is 342 g/mol. The number of para-hydroxylation sites is 1. The van der Waals surface area contributed by atoms with Gasteiger partial charge < -0.3 is 14.5 Å². The van der Waals surface area contributed by atoms with Crippen LogP contribution in [0.3, 0.4) is 0 Å². The largest absolute Gasteiger partial charge is 0.487 e. The highest BCUT2D eigenvalue weighted by Crippen LogP contribution is 2.47. The summed E-state index contributed by atoms with van der Waals surface area (Å²) >= 11 is 0. The fourth-order valence-electron chi connectivity index (χ4n) is 4.44. The predicted molar refractivity (Wildman–Crippen MR) is 98.9 cm³/mol. The average molecular weight is 342 g/mol. The van der Waals surface area contributed by atoms with Gasteiger partial charge in [-0.2, -0.15) is 0 Å². The average Bonchev–Trinajstić information content (AvgIpc) is 3.41. The molecule has 136 valence electrons. The Hall–Kier alpha value is -1.55. The molecule has 3 aliphatic rings. The summed E-state index contributed by atoms with van der Waals surface area (Å²) in [6.45, 7) is 3.54. The van der Waals surface area contributed by atoms with Crippen molar-refractivity contribution in [3.8, 4) is 5.75 Å². The first-order chi connectivity index (χ1) is 12.0. The molecule has 0 N–H and O–H groups in total. The van der Waals surface area contributed by atoms with Gasteiger partial charge >= 0.3 is 0 Å². The lowest BCUT2D eigenvalue weighted by molar-refractivity contribution is -0.129. The van der Waals surface area contributed by atoms with Crippen LogP contribution in [0.2, 0.25) is 0 Å². The van der Waals surface area contributed by atoms with Crippen LogP contribution in [0.4, 0.5) is 0 Å². The smallest absolute Gasteiger partial charge is 0.222 e. The number of rotatable bonds is 4. The van der Waals surface area contributed by atoms with Crippen LogP contribution in [-0.4, -0.2) is 55.0 Å². The fraction of sp³-hybridized carbons (Fsp3) is 0.667. The van der Waals surface area contributed by atoms with Crippen LogP contribution in [0.1, 0.15) is 50.0 Å². The summed E-state index contributed by atoms with van der Waals surface area (Å²) in [4.78, 5) is 16.7. The Morgan fingerprint density at radius 2 is 1.96 bits per heavy atom. The van der Waals surface area contributed by atoms with Gasteiger partial charge in [-0.1, -0.05) is 18.2 Å². The van der Waals surface area contributed by atoms with E-state index in [-0.39, 0.29) is 17.4 Å². The summed E-state index contributed by atoms with van der Waals surface area (Å²) in [5.74, 6) is 2.44. The lowest BCUT2D eigenvalue weighted by Crippen LogP contribution is -2.51. The number of hydrogen-bond acceptors (Lipinski definition) is 3. The zero-order valence-corrected chi connectivity index (χ0v) is 15.5. The Bertz CT molecular complexity index is 631. The van der Waals surface area contributed by atoms with Gasteiger partial charge in [0, 0.05) is 46.1 Å². The maximum Gasteiger partial charge on any atom is 0.222 e. The standard InChI is InChI=1S/C21H30N2O2/c1-22(2)20(24)13-17-14-21(25-19-6-4-3-5-18(17)19)9-11-23(12-10-21)15-16-7-8-16/h3-6,16-17H,7-15H2,1-2H3/t17-/m1/s1. The van der Waals surface area contributed by atoms with Crippen molar-refractivity contribution in [3.05, 3.63) is 29.8 Å². The molecule has 2 heterocycles. The van der Waals surface area contributed by atoms with E-state index in [0.717, 1.165) is 44.0 Å². The molecule has 1 amide bonds. The van der Waals surface area contributed by atoms with E-state index in [2.05, 4.69) is 23.1 Å². The van der Waals surface area contributed by atoms with Gasteiger partial charge in [0.05, 0.1) is 0 Å². The van der Waals surface area contributed by atoms with E-state index in [1.165, 1.54) is 24.9 Å². The summed E-state index contributed by atoms with van der Waals surface area (Å²) in [6, 6.07) is 8.33. The molecule has 1 spiro atoms. The van der Waals surface area contributed by atoms with Gasteiger partial charge in [0.1, 0.15) is 11.4 Å². The third-order valence-electron chi connectivity index (χ3n) is 6.20. The van der Waals surface area contributed by atoms with Crippen LogP contribution in [0.25, 0.3) is 0 Å². The SMILES string of the molecule is CN(C)C(=O)C[C@@H]1CC2(CCN(CC3CC3)CC2)Oc2ccccc21. The van der Waals surface area contributed by atoms with Crippen LogP contribution in [0.5, 0.6) is 5.75 Å². The van der Waals surface area contributed by atoms with Gasteiger partial charge in [-0.05, 0) is 49.7 Å². The first kappa shape index (κ1) is 16.9. The first-order valence-electron chi connectivity index (χ1n) is 9.75. The quantitative estimate of drug-likeness (QED) is 0.842. The van der Waals surface area contributed by atoms with Crippen molar-refractivity contribution in [2.75, 3.05) is 33.7 Å². The number of carbonyl (C=O) groups excluding carboxylic acids is 1. The molecule has 2 aliphatic heterocycles. The minimum absolute atomic E-state index is 0.0777. The molecule has 1 saturated heterocycles. The third-order valence-corrected chi connectivity index (χ3v) is 6.20. The number of nitrogens with zero attached hydrogens (tertiary/aromatic N) is 2. The third kappa shape index (κ3) is 3.69. The van der Waals surface area contributed by atoms with Crippen molar-refractivity contribution in [2.45, 2.75) is 50.0 Å². The summed E-state index contributed by atoms with van der Waals surface area (Å²) in [5, 5.41) is 0. The number of amides is 1. The molecule has 2 fully saturated rings. The van der Waals surface area contributed by atoms with E-state index in [1.54, 1.807) is 4.90 Å². The van der Waals surface area contributed by atoms with E-state index >= 15 is 0 Å². The Kier molecular flexibility index (Phi) is 4.48. The number of carbonyl (C=O) groups is 1. The van der Waals surface area contributed by atoms with Gasteiger partial charge in [0.25, 0.3) is 0 Å². The van der Waals surface area contributed by atoms with Crippen molar-refractivity contribution in [1.29, 1.82) is 0 Å². The number of benzene rings is 1. The molecule has 0 radical (unpaired) electrons. The van der Waals surface area contributed by atoms with E-state index in [4.69, 9.17) is 4.74 Å². The summed E-state index contributed by atoms with van der Waals surface area (Å²) in [5.41, 5.74) is 1.13. The molecular weight excluding hydrogens is 312 g/mol. The molecule has 1 aromatic rings. The molecule has 0 unspecified atom stereocenters. The molecular formula is C21H30N2O2. The highest BCUT2D eigenvalue weighted by atomic mass is 16.5. The highest BCUT2D eigenvalue weighted by Gasteiger charge is 2.44. The van der Waals surface area contributed by atoms with E-state index in [9.17, 15) is 4.79 Å². The van der Waals surface area contributed by atoms with Crippen molar-refractivity contribution < 1.29 is 9.53 Å². The molecule has 1 aliphatic carbocycles. The van der Waals surface area contributed by atoms with Gasteiger partial charge in [-0.25, -0.2) is 0 Å². The molecule has 4 rings (SSSR count). The molecule has 0 aromatic heterocycles. The van der Waals surface area contributed by atoms with Crippen LogP contribution < -0.4 is 4.74 Å². The maximum absolute atomic E-state index is 12.3. The molecule has 4 heteroatoms. The Morgan fingerprint density at radius 3 is 2.64 bits per heavy atom. The number of fused-ring (bicyclic) bond motifs is 1. The van der Waals surface area contributed by atoms with Crippen LogP contribution in [0, 0.1) is 5.92 Å². The molecule has 1 aromatic carbocycles. The fourth-order valence-corrected chi connectivity index (χ4v) is 4.44. The summed E-state index contributed by atoms with van der Waals surface area (Å²) in [7, 11) is 3.69. The maximum atomic E-state index is 12.3. The molecule has 1 saturated carbocycles. The second kappa shape index (κ2) is 6.64. The second-order valence-corrected chi connectivity index (χ2v) is 8.46. The zero-order valence-electron chi connectivity index (χ0n) is 15.5. The first-order valence-corrected chi connectivity index (χ1v) is 9.75. The molecule has 0 bridgehead atoms. The number of piperidine rings is 1. The van der Waals surface area contributed by atoms with Crippen molar-refractivity contribution in [1.82, 2.24) is 9.80 Å².